The van der Waals surface area contributed by atoms with Crippen molar-refractivity contribution in [2.75, 3.05) is 5.43 Å². The van der Waals surface area contributed by atoms with Gasteiger partial charge >= 0.3 is 0 Å². The number of thiazole rings is 1. The molecule has 2 aromatic rings. The van der Waals surface area contributed by atoms with E-state index in [4.69, 9.17) is 0 Å². The van der Waals surface area contributed by atoms with E-state index in [0.717, 1.165) is 20.9 Å². The zero-order valence-corrected chi connectivity index (χ0v) is 10.7. The Hall–Kier alpha value is -2.20. The van der Waals surface area contributed by atoms with Gasteiger partial charge in [-0.25, -0.2) is 4.98 Å². The molecule has 0 bridgehead atoms. The van der Waals surface area contributed by atoms with Gasteiger partial charge in [-0.3, -0.25) is 5.43 Å². The molecular weight excluding hydrogens is 242 g/mol. The van der Waals surface area contributed by atoms with Gasteiger partial charge in [-0.2, -0.15) is 5.10 Å². The van der Waals surface area contributed by atoms with Crippen LogP contribution in [0, 0.1) is 0 Å². The Labute approximate surface area is 110 Å². The van der Waals surface area contributed by atoms with E-state index in [0.29, 0.717) is 0 Å². The second-order valence-corrected chi connectivity index (χ2v) is 4.49. The number of anilines is 1. The molecule has 4 heteroatoms. The van der Waals surface area contributed by atoms with Gasteiger partial charge in [0.05, 0.1) is 16.4 Å². The highest BCUT2D eigenvalue weighted by molar-refractivity contribution is 7.22. The summed E-state index contributed by atoms with van der Waals surface area (Å²) in [6.45, 7) is 7.32. The fourth-order valence-electron chi connectivity index (χ4n) is 1.38. The van der Waals surface area contributed by atoms with E-state index < -0.39 is 0 Å². The van der Waals surface area contributed by atoms with Gasteiger partial charge in [-0.15, -0.1) is 0 Å². The van der Waals surface area contributed by atoms with Crippen LogP contribution in [-0.4, -0.2) is 11.2 Å². The van der Waals surface area contributed by atoms with Crippen LogP contribution < -0.4 is 5.43 Å². The minimum atomic E-state index is 0.773. The average Bonchev–Trinajstić information content (AvgIpc) is 2.80. The highest BCUT2D eigenvalue weighted by atomic mass is 32.1. The van der Waals surface area contributed by atoms with E-state index >= 15 is 0 Å². The summed E-state index contributed by atoms with van der Waals surface area (Å²) in [6, 6.07) is 7.98. The first-order chi connectivity index (χ1) is 8.83. The van der Waals surface area contributed by atoms with Crippen molar-refractivity contribution < 1.29 is 0 Å². The van der Waals surface area contributed by atoms with E-state index in [-0.39, 0.29) is 0 Å². The van der Waals surface area contributed by atoms with Crippen molar-refractivity contribution in [2.24, 2.45) is 5.10 Å². The number of nitrogens with zero attached hydrogens (tertiary/aromatic N) is 2. The first-order valence-electron chi connectivity index (χ1n) is 5.43. The minimum absolute atomic E-state index is 0.773. The molecule has 0 aliphatic rings. The number of hydrogen-bond acceptors (Lipinski definition) is 4. The molecule has 0 spiro atoms. The highest BCUT2D eigenvalue weighted by Crippen LogP contribution is 2.25. The van der Waals surface area contributed by atoms with Crippen LogP contribution in [0.4, 0.5) is 5.13 Å². The Kier molecular flexibility index (Phi) is 4.04. The molecule has 2 rings (SSSR count). The van der Waals surface area contributed by atoms with Gasteiger partial charge in [0.15, 0.2) is 0 Å². The maximum atomic E-state index is 4.41. The van der Waals surface area contributed by atoms with Crippen LogP contribution in [0.3, 0.4) is 0 Å². The number of hydrogen-bond donors (Lipinski definition) is 1. The number of fused-ring (bicyclic) bond motifs is 1. The molecule has 1 aromatic heterocycles. The number of allylic oxidation sites excluding steroid dienone is 4. The van der Waals surface area contributed by atoms with Crippen molar-refractivity contribution in [3.8, 4) is 0 Å². The second kappa shape index (κ2) is 5.93. The predicted octanol–water partition coefficient (Wildman–Crippen LogP) is 3.99. The molecule has 0 aliphatic carbocycles. The quantitative estimate of drug-likeness (QED) is 0.498. The third kappa shape index (κ3) is 2.93. The molecular formula is C14H13N3S. The molecule has 0 amide bonds. The molecule has 3 nitrogen and oxygen atoms in total. The molecule has 1 heterocycles. The third-order valence-corrected chi connectivity index (χ3v) is 3.15. The number of nitrogens with one attached hydrogen (secondary N) is 1. The molecule has 0 saturated carbocycles. The standard InChI is InChI=1S/C14H13N3S/c1-3-7-11(4-2)10-15-17-14-16-12-8-5-6-9-13(12)18-14/h3-10H,1-2H2,(H,16,17)/b11-7+,15-10?. The molecule has 0 atom stereocenters. The summed E-state index contributed by atoms with van der Waals surface area (Å²) in [5.41, 5.74) is 4.78. The van der Waals surface area contributed by atoms with Crippen molar-refractivity contribution in [1.29, 1.82) is 0 Å². The number of rotatable bonds is 5. The topological polar surface area (TPSA) is 37.3 Å². The van der Waals surface area contributed by atoms with Crippen molar-refractivity contribution in [2.45, 2.75) is 0 Å². The second-order valence-electron chi connectivity index (χ2n) is 3.46. The summed E-state index contributed by atoms with van der Waals surface area (Å²) in [7, 11) is 0. The smallest absolute Gasteiger partial charge is 0.204 e. The SMILES string of the molecule is C=C/C=C(\C=C)C=NNc1nc2ccccc2s1. The van der Waals surface area contributed by atoms with E-state index in [2.05, 4.69) is 28.7 Å². The van der Waals surface area contributed by atoms with Crippen LogP contribution in [0.1, 0.15) is 0 Å². The summed E-state index contributed by atoms with van der Waals surface area (Å²) in [5.74, 6) is 0. The number of hydrazone groups is 1. The zero-order valence-electron chi connectivity index (χ0n) is 9.84. The predicted molar refractivity (Wildman–Crippen MR) is 80.2 cm³/mol. The summed E-state index contributed by atoms with van der Waals surface area (Å²) < 4.78 is 1.14. The molecule has 0 fully saturated rings. The van der Waals surface area contributed by atoms with Crippen molar-refractivity contribution in [3.05, 3.63) is 61.2 Å². The Bertz CT molecular complexity index is 590. The highest BCUT2D eigenvalue weighted by Gasteiger charge is 2.00. The Balaban J connectivity index is 2.10. The van der Waals surface area contributed by atoms with Crippen molar-refractivity contribution >= 4 is 32.9 Å². The van der Waals surface area contributed by atoms with E-state index in [1.807, 2.05) is 30.3 Å². The number of benzene rings is 1. The molecule has 1 aromatic carbocycles. The molecule has 0 saturated heterocycles. The zero-order chi connectivity index (χ0) is 12.8. The van der Waals surface area contributed by atoms with Crippen LogP contribution in [0.5, 0.6) is 0 Å². The van der Waals surface area contributed by atoms with Gasteiger partial charge in [0, 0.05) is 0 Å². The lowest BCUT2D eigenvalue weighted by atomic mass is 10.3. The van der Waals surface area contributed by atoms with Gasteiger partial charge in [-0.05, 0) is 17.7 Å². The molecule has 1 N–H and O–H groups in total. The van der Waals surface area contributed by atoms with E-state index in [1.165, 1.54) is 0 Å². The lowest BCUT2D eigenvalue weighted by molar-refractivity contribution is 1.31. The van der Waals surface area contributed by atoms with Crippen LogP contribution in [-0.2, 0) is 0 Å². The molecule has 90 valence electrons. The first-order valence-corrected chi connectivity index (χ1v) is 6.25. The minimum Gasteiger partial charge on any atom is -0.253 e. The molecule has 0 radical (unpaired) electrons. The van der Waals surface area contributed by atoms with Crippen LogP contribution >= 0.6 is 11.3 Å². The van der Waals surface area contributed by atoms with Crippen LogP contribution in [0.15, 0.2) is 66.3 Å². The number of para-hydroxylation sites is 1. The van der Waals surface area contributed by atoms with Gasteiger partial charge < -0.3 is 0 Å². The fourth-order valence-corrected chi connectivity index (χ4v) is 2.20. The Morgan fingerprint density at radius 1 is 1.33 bits per heavy atom. The third-order valence-electron chi connectivity index (χ3n) is 2.21. The molecule has 0 unspecified atom stereocenters. The normalized spacial score (nSPS) is 11.9. The summed E-state index contributed by atoms with van der Waals surface area (Å²) >= 11 is 1.57. The van der Waals surface area contributed by atoms with Crippen molar-refractivity contribution in [3.63, 3.8) is 0 Å². The van der Waals surface area contributed by atoms with Gasteiger partial charge in [0.1, 0.15) is 0 Å². The monoisotopic (exact) mass is 255 g/mol. The summed E-state index contributed by atoms with van der Waals surface area (Å²) in [4.78, 5) is 4.41. The first kappa shape index (κ1) is 12.3. The largest absolute Gasteiger partial charge is 0.253 e. The summed E-state index contributed by atoms with van der Waals surface area (Å²) in [5, 5.41) is 4.88. The summed E-state index contributed by atoms with van der Waals surface area (Å²) in [6.07, 6.45) is 6.92. The van der Waals surface area contributed by atoms with Gasteiger partial charge in [0.2, 0.25) is 5.13 Å². The Morgan fingerprint density at radius 3 is 2.89 bits per heavy atom. The Morgan fingerprint density at radius 2 is 2.17 bits per heavy atom. The fraction of sp³-hybridized carbons (Fsp3) is 0. The van der Waals surface area contributed by atoms with E-state index in [9.17, 15) is 0 Å². The molecule has 0 aliphatic heterocycles. The van der Waals surface area contributed by atoms with Crippen LogP contribution in [0.2, 0.25) is 0 Å². The van der Waals surface area contributed by atoms with E-state index in [1.54, 1.807) is 29.7 Å². The maximum Gasteiger partial charge on any atom is 0.204 e. The van der Waals surface area contributed by atoms with Crippen LogP contribution in [0.25, 0.3) is 10.2 Å². The average molecular weight is 255 g/mol. The maximum absolute atomic E-state index is 4.41. The van der Waals surface area contributed by atoms with Crippen molar-refractivity contribution in [1.82, 2.24) is 4.98 Å². The lowest BCUT2D eigenvalue weighted by Crippen LogP contribution is -1.89. The van der Waals surface area contributed by atoms with Gasteiger partial charge in [0.25, 0.3) is 0 Å². The molecule has 18 heavy (non-hydrogen) atoms. The lowest BCUT2D eigenvalue weighted by Gasteiger charge is -1.92. The van der Waals surface area contributed by atoms with Gasteiger partial charge in [-0.1, -0.05) is 54.9 Å². The number of aromatic nitrogens is 1.